The molecule has 0 saturated carbocycles. The molecule has 0 aliphatic rings. The highest BCUT2D eigenvalue weighted by molar-refractivity contribution is 7.26. The Balaban J connectivity index is 0.991. The average molecular weight is 747 g/mol. The minimum absolute atomic E-state index is 0.616. The summed E-state index contributed by atoms with van der Waals surface area (Å²) in [6.45, 7) is 0. The predicted molar refractivity (Wildman–Crippen MR) is 236 cm³/mol. The summed E-state index contributed by atoms with van der Waals surface area (Å²) in [6, 6.07) is 63.9. The number of hydrogen-bond donors (Lipinski definition) is 0. The Morgan fingerprint density at radius 2 is 0.947 bits per heavy atom. The number of nitrogens with zero attached hydrogens (tertiary/aromatic N) is 4. The van der Waals surface area contributed by atoms with Gasteiger partial charge in [0.1, 0.15) is 11.2 Å². The number of rotatable bonds is 5. The van der Waals surface area contributed by atoms with E-state index in [4.69, 9.17) is 19.4 Å². The van der Waals surface area contributed by atoms with Crippen molar-refractivity contribution in [3.05, 3.63) is 182 Å². The van der Waals surface area contributed by atoms with Gasteiger partial charge in [0.2, 0.25) is 0 Å². The molecule has 4 heterocycles. The van der Waals surface area contributed by atoms with Crippen LogP contribution in [0.25, 0.3) is 115 Å². The van der Waals surface area contributed by atoms with E-state index in [9.17, 15) is 0 Å². The summed E-state index contributed by atoms with van der Waals surface area (Å²) in [6.07, 6.45) is 0. The van der Waals surface area contributed by atoms with Gasteiger partial charge in [0, 0.05) is 64.1 Å². The molecule has 0 unspecified atom stereocenters. The van der Waals surface area contributed by atoms with Gasteiger partial charge in [-0.1, -0.05) is 121 Å². The molecule has 0 spiro atoms. The van der Waals surface area contributed by atoms with Crippen molar-refractivity contribution >= 4 is 75.3 Å². The monoisotopic (exact) mass is 746 g/mol. The van der Waals surface area contributed by atoms with E-state index in [0.717, 1.165) is 44.2 Å². The van der Waals surface area contributed by atoms with Gasteiger partial charge in [-0.3, -0.25) is 0 Å². The van der Waals surface area contributed by atoms with Gasteiger partial charge in [0.25, 0.3) is 0 Å². The van der Waals surface area contributed by atoms with Gasteiger partial charge in [0.05, 0.1) is 11.0 Å². The Morgan fingerprint density at radius 1 is 0.386 bits per heavy atom. The van der Waals surface area contributed by atoms with E-state index >= 15 is 0 Å². The number of hydrogen-bond acceptors (Lipinski definition) is 5. The first-order valence-electron chi connectivity index (χ1n) is 19.0. The fourth-order valence-electron chi connectivity index (χ4n) is 8.42. The van der Waals surface area contributed by atoms with Gasteiger partial charge in [0.15, 0.2) is 17.5 Å². The van der Waals surface area contributed by atoms with E-state index < -0.39 is 0 Å². The molecule has 6 heteroatoms. The normalized spacial score (nSPS) is 11.9. The molecule has 12 rings (SSSR count). The number of para-hydroxylation sites is 2. The lowest BCUT2D eigenvalue weighted by Crippen LogP contribution is -2.00. The quantitative estimate of drug-likeness (QED) is 0.176. The predicted octanol–water partition coefficient (Wildman–Crippen LogP) is 13.9. The molecular weight excluding hydrogens is 717 g/mol. The zero-order chi connectivity index (χ0) is 37.5. The molecule has 0 aliphatic carbocycles. The zero-order valence-corrected chi connectivity index (χ0v) is 31.2. The molecule has 8 aromatic carbocycles. The maximum atomic E-state index is 6.42. The first-order valence-corrected chi connectivity index (χ1v) is 19.8. The molecule has 57 heavy (non-hydrogen) atoms. The van der Waals surface area contributed by atoms with Crippen LogP contribution in [0.2, 0.25) is 0 Å². The Bertz CT molecular complexity index is 3420. The van der Waals surface area contributed by atoms with Crippen molar-refractivity contribution in [3.63, 3.8) is 0 Å². The van der Waals surface area contributed by atoms with Gasteiger partial charge < -0.3 is 8.98 Å². The zero-order valence-electron chi connectivity index (χ0n) is 30.4. The van der Waals surface area contributed by atoms with Crippen LogP contribution >= 0.6 is 11.3 Å². The van der Waals surface area contributed by atoms with Crippen molar-refractivity contribution in [2.75, 3.05) is 0 Å². The molecule has 4 aromatic heterocycles. The molecule has 0 aliphatic heterocycles. The average Bonchev–Trinajstić information content (AvgIpc) is 3.95. The van der Waals surface area contributed by atoms with Crippen molar-refractivity contribution in [3.8, 4) is 51.0 Å². The van der Waals surface area contributed by atoms with Crippen LogP contribution in [0.3, 0.4) is 0 Å². The van der Waals surface area contributed by atoms with Crippen molar-refractivity contribution in [2.45, 2.75) is 0 Å². The van der Waals surface area contributed by atoms with Crippen LogP contribution < -0.4 is 0 Å². The molecule has 5 nitrogen and oxygen atoms in total. The molecule has 0 bridgehead atoms. The second-order valence-electron chi connectivity index (χ2n) is 14.4. The fraction of sp³-hybridized carbons (Fsp3) is 0. The second-order valence-corrected chi connectivity index (χ2v) is 15.5. The summed E-state index contributed by atoms with van der Waals surface area (Å²) in [5.41, 5.74) is 10.4. The van der Waals surface area contributed by atoms with Crippen LogP contribution in [-0.4, -0.2) is 19.5 Å². The van der Waals surface area contributed by atoms with E-state index in [0.29, 0.717) is 17.5 Å². The third-order valence-electron chi connectivity index (χ3n) is 11.1. The Labute approximate surface area is 330 Å². The van der Waals surface area contributed by atoms with Gasteiger partial charge in [-0.05, 0) is 71.8 Å². The summed E-state index contributed by atoms with van der Waals surface area (Å²) in [5, 5.41) is 7.13. The minimum atomic E-state index is 0.616. The standard InChI is InChI=1S/C51H30N4OS/c1-3-12-31(13-4-1)49-52-50(32-14-5-2-6-15-32)54-51(53-49)34-23-27-45-41(29-34)40-28-33(22-26-44(40)56-45)36-18-11-21-46-48(36)39-25-24-35(30-47(39)57-46)55-42-19-9-7-16-37(42)38-17-8-10-20-43(38)55/h1-30H. The van der Waals surface area contributed by atoms with Crippen LogP contribution in [0.15, 0.2) is 186 Å². The topological polar surface area (TPSA) is 56.7 Å². The maximum absolute atomic E-state index is 6.42. The fourth-order valence-corrected chi connectivity index (χ4v) is 9.58. The number of thiophene rings is 1. The summed E-state index contributed by atoms with van der Waals surface area (Å²) in [7, 11) is 0. The van der Waals surface area contributed by atoms with Crippen molar-refractivity contribution in [1.82, 2.24) is 19.5 Å². The van der Waals surface area contributed by atoms with Crippen molar-refractivity contribution in [1.29, 1.82) is 0 Å². The molecule has 0 amide bonds. The van der Waals surface area contributed by atoms with Crippen LogP contribution in [0.5, 0.6) is 0 Å². The van der Waals surface area contributed by atoms with Crippen LogP contribution in [0, 0.1) is 0 Å². The SMILES string of the molecule is c1ccc(-c2nc(-c3ccccc3)nc(-c3ccc4oc5ccc(-c6cccc7sc8cc(-n9c%10ccccc%10c%10ccccc%109)ccc8c67)cc5c4c3)n2)cc1. The largest absolute Gasteiger partial charge is 0.456 e. The lowest BCUT2D eigenvalue weighted by Gasteiger charge is -2.09. The molecular formula is C51H30N4OS. The Morgan fingerprint density at radius 3 is 1.60 bits per heavy atom. The molecule has 0 radical (unpaired) electrons. The third-order valence-corrected chi connectivity index (χ3v) is 12.2. The van der Waals surface area contributed by atoms with Crippen LogP contribution in [-0.2, 0) is 0 Å². The summed E-state index contributed by atoms with van der Waals surface area (Å²) in [5.74, 6) is 1.89. The summed E-state index contributed by atoms with van der Waals surface area (Å²) >= 11 is 1.85. The molecule has 266 valence electrons. The maximum Gasteiger partial charge on any atom is 0.164 e. The first kappa shape index (κ1) is 31.9. The molecule has 0 N–H and O–H groups in total. The highest BCUT2D eigenvalue weighted by atomic mass is 32.1. The van der Waals surface area contributed by atoms with E-state index in [1.165, 1.54) is 53.2 Å². The molecule has 12 aromatic rings. The van der Waals surface area contributed by atoms with E-state index in [1.54, 1.807) is 0 Å². The van der Waals surface area contributed by atoms with Gasteiger partial charge in [-0.25, -0.2) is 15.0 Å². The van der Waals surface area contributed by atoms with E-state index in [2.05, 4.69) is 114 Å². The van der Waals surface area contributed by atoms with Crippen molar-refractivity contribution in [2.24, 2.45) is 0 Å². The second kappa shape index (κ2) is 12.6. The van der Waals surface area contributed by atoms with Gasteiger partial charge in [-0.15, -0.1) is 11.3 Å². The number of fused-ring (bicyclic) bond motifs is 9. The first-order chi connectivity index (χ1) is 28.2. The summed E-state index contributed by atoms with van der Waals surface area (Å²) < 4.78 is 11.3. The number of aromatic nitrogens is 4. The molecule has 0 saturated heterocycles. The molecule has 0 fully saturated rings. The van der Waals surface area contributed by atoms with E-state index in [-0.39, 0.29) is 0 Å². The number of benzene rings is 8. The Hall–Kier alpha value is -7.41. The highest BCUT2D eigenvalue weighted by Crippen LogP contribution is 2.43. The van der Waals surface area contributed by atoms with Gasteiger partial charge in [-0.2, -0.15) is 0 Å². The van der Waals surface area contributed by atoms with Crippen LogP contribution in [0.1, 0.15) is 0 Å². The highest BCUT2D eigenvalue weighted by Gasteiger charge is 2.18. The smallest absolute Gasteiger partial charge is 0.164 e. The van der Waals surface area contributed by atoms with E-state index in [1.807, 2.05) is 84.1 Å². The minimum Gasteiger partial charge on any atom is -0.456 e. The van der Waals surface area contributed by atoms with Crippen LogP contribution in [0.4, 0.5) is 0 Å². The lowest BCUT2D eigenvalue weighted by atomic mass is 9.97. The van der Waals surface area contributed by atoms with Gasteiger partial charge >= 0.3 is 0 Å². The summed E-state index contributed by atoms with van der Waals surface area (Å²) in [4.78, 5) is 14.9. The Kier molecular flexibility index (Phi) is 7.03. The molecule has 0 atom stereocenters. The third kappa shape index (κ3) is 5.12. The number of furan rings is 1. The lowest BCUT2D eigenvalue weighted by molar-refractivity contribution is 0.669. The van der Waals surface area contributed by atoms with Crippen molar-refractivity contribution < 1.29 is 4.42 Å².